The van der Waals surface area contributed by atoms with E-state index in [1.165, 1.54) is 5.69 Å². The highest BCUT2D eigenvalue weighted by Gasteiger charge is 2.44. The molecule has 1 aromatic heterocycles. The van der Waals surface area contributed by atoms with Crippen molar-refractivity contribution in [2.45, 2.75) is 71.3 Å². The second kappa shape index (κ2) is 9.35. The number of benzene rings is 1. The number of nitrogens with zero attached hydrogens (tertiary/aromatic N) is 3. The molecule has 6 heteroatoms. The van der Waals surface area contributed by atoms with Crippen LogP contribution in [0, 0.1) is 22.7 Å². The molecule has 6 rings (SSSR count). The van der Waals surface area contributed by atoms with Crippen LogP contribution in [0.3, 0.4) is 0 Å². The van der Waals surface area contributed by atoms with Gasteiger partial charge in [0.1, 0.15) is 0 Å². The van der Waals surface area contributed by atoms with Crippen LogP contribution in [0.25, 0.3) is 12.2 Å². The van der Waals surface area contributed by atoms with Gasteiger partial charge in [-0.15, -0.1) is 0 Å². The minimum Gasteiger partial charge on any atom is -0.379 e. The summed E-state index contributed by atoms with van der Waals surface area (Å²) in [6, 6.07) is 8.99. The van der Waals surface area contributed by atoms with Crippen molar-refractivity contribution in [3.05, 3.63) is 51.2 Å². The first-order valence-corrected chi connectivity index (χ1v) is 14.8. The summed E-state index contributed by atoms with van der Waals surface area (Å²) in [5.74, 6) is 0.690. The molecule has 1 aromatic carbocycles. The monoisotopic (exact) mass is 526 g/mol. The van der Waals surface area contributed by atoms with Crippen molar-refractivity contribution in [2.24, 2.45) is 11.3 Å². The summed E-state index contributed by atoms with van der Waals surface area (Å²) < 4.78 is 5.66. The molecule has 0 saturated carbocycles. The van der Waals surface area contributed by atoms with Crippen molar-refractivity contribution in [2.75, 3.05) is 44.3 Å². The molecule has 1 atom stereocenters. The molecular formula is C33H42N4O2. The van der Waals surface area contributed by atoms with Gasteiger partial charge in [0.15, 0.2) is 5.78 Å². The Hall–Kier alpha value is -2.88. The highest BCUT2D eigenvalue weighted by Crippen LogP contribution is 2.43. The number of morpholine rings is 1. The Morgan fingerprint density at radius 2 is 1.85 bits per heavy atom. The zero-order valence-corrected chi connectivity index (χ0v) is 24.2. The molecule has 1 unspecified atom stereocenters. The summed E-state index contributed by atoms with van der Waals surface area (Å²) >= 11 is 0. The van der Waals surface area contributed by atoms with E-state index in [0.29, 0.717) is 12.3 Å². The molecule has 2 aliphatic heterocycles. The second-order valence-corrected chi connectivity index (χ2v) is 12.9. The number of hydrogen-bond acceptors (Lipinski definition) is 5. The van der Waals surface area contributed by atoms with Crippen molar-refractivity contribution in [1.82, 2.24) is 9.88 Å². The van der Waals surface area contributed by atoms with Gasteiger partial charge in [0.25, 0.3) is 0 Å². The summed E-state index contributed by atoms with van der Waals surface area (Å²) in [5, 5.41) is 11.8. The van der Waals surface area contributed by atoms with E-state index in [4.69, 9.17) is 4.74 Å². The van der Waals surface area contributed by atoms with Gasteiger partial charge in [-0.05, 0) is 61.4 Å². The molecule has 3 heterocycles. The highest BCUT2D eigenvalue weighted by molar-refractivity contribution is 6.13. The van der Waals surface area contributed by atoms with Gasteiger partial charge in [-0.2, -0.15) is 5.26 Å². The molecule has 2 saturated heterocycles. The van der Waals surface area contributed by atoms with E-state index in [1.54, 1.807) is 0 Å². The number of H-pyrrole nitrogens is 1. The summed E-state index contributed by atoms with van der Waals surface area (Å²) in [6.07, 6.45) is 7.84. The number of fused-ring (bicyclic) bond motifs is 4. The Labute approximate surface area is 232 Å². The van der Waals surface area contributed by atoms with Crippen LogP contribution in [-0.4, -0.2) is 60.6 Å². The maximum Gasteiger partial charge on any atom is 0.195 e. The van der Waals surface area contributed by atoms with Gasteiger partial charge in [0.05, 0.1) is 30.3 Å². The molecule has 2 aromatic rings. The van der Waals surface area contributed by atoms with Crippen LogP contribution >= 0.6 is 0 Å². The lowest BCUT2D eigenvalue weighted by Crippen LogP contribution is -2.61. The van der Waals surface area contributed by atoms with Crippen molar-refractivity contribution < 1.29 is 9.53 Å². The summed E-state index contributed by atoms with van der Waals surface area (Å²) in [5.41, 5.74) is 4.25. The normalized spacial score (nSPS) is 25.7. The fourth-order valence-corrected chi connectivity index (χ4v) is 7.72. The molecule has 0 radical (unpaired) electrons. The maximum absolute atomic E-state index is 13.9. The van der Waals surface area contributed by atoms with Gasteiger partial charge >= 0.3 is 0 Å². The number of carbonyl (C=O) groups excluding carboxylic acids is 1. The number of rotatable bonds is 4. The average molecular weight is 527 g/mol. The number of nitriles is 1. The Kier molecular flexibility index (Phi) is 6.32. The average Bonchev–Trinajstić information content (AvgIpc) is 3.36. The van der Waals surface area contributed by atoms with Crippen LogP contribution in [0.4, 0.5) is 5.69 Å². The third-order valence-corrected chi connectivity index (χ3v) is 10.5. The fourth-order valence-electron chi connectivity index (χ4n) is 7.72. The topological polar surface area (TPSA) is 72.4 Å². The zero-order valence-electron chi connectivity index (χ0n) is 24.2. The summed E-state index contributed by atoms with van der Waals surface area (Å²) in [6.45, 7) is 17.0. The Balaban J connectivity index is 1.33. The molecule has 4 aliphatic rings. The number of anilines is 1. The summed E-state index contributed by atoms with van der Waals surface area (Å²) in [7, 11) is 0. The van der Waals surface area contributed by atoms with Gasteiger partial charge in [-0.25, -0.2) is 0 Å². The van der Waals surface area contributed by atoms with E-state index in [1.807, 2.05) is 0 Å². The third-order valence-electron chi connectivity index (χ3n) is 10.5. The standard InChI is InChI=1S/C33H42N4O2/c1-6-32(21-34)10-9-25-27(20-32)35-30-28(25)29(38)24-8-7-23(19-26(24)31(30,4)5)36-13-11-33(12-14-36,22(2)3)37-15-17-39-18-16-37/h7-9,19-20,22,35H,6,10-18H2,1-5H3. The smallest absolute Gasteiger partial charge is 0.195 e. The van der Waals surface area contributed by atoms with Gasteiger partial charge in [-0.3, -0.25) is 9.69 Å². The predicted molar refractivity (Wildman–Crippen MR) is 155 cm³/mol. The minimum atomic E-state index is -0.506. The Morgan fingerprint density at radius 3 is 2.49 bits per heavy atom. The number of carbonyl (C=O) groups is 1. The Morgan fingerprint density at radius 1 is 1.13 bits per heavy atom. The number of nitrogens with one attached hydrogen (secondary N) is 1. The highest BCUT2D eigenvalue weighted by atomic mass is 16.5. The number of hydrogen-bond donors (Lipinski definition) is 1. The van der Waals surface area contributed by atoms with E-state index in [2.05, 4.69) is 85.8 Å². The maximum atomic E-state index is 13.9. The van der Waals surface area contributed by atoms with Crippen LogP contribution in [0.2, 0.25) is 0 Å². The number of ketones is 1. The van der Waals surface area contributed by atoms with Crippen molar-refractivity contribution in [3.63, 3.8) is 0 Å². The van der Waals surface area contributed by atoms with E-state index in [9.17, 15) is 10.1 Å². The molecule has 6 nitrogen and oxygen atoms in total. The van der Waals surface area contributed by atoms with Gasteiger partial charge in [0, 0.05) is 64.6 Å². The lowest BCUT2D eigenvalue weighted by Gasteiger charge is -2.53. The molecule has 206 valence electrons. The number of ether oxygens (including phenoxy) is 1. The quantitative estimate of drug-likeness (QED) is 0.650. The van der Waals surface area contributed by atoms with Crippen molar-refractivity contribution in [1.29, 1.82) is 5.26 Å². The van der Waals surface area contributed by atoms with Crippen molar-refractivity contribution in [3.8, 4) is 6.07 Å². The first kappa shape index (κ1) is 26.3. The van der Waals surface area contributed by atoms with Crippen LogP contribution in [-0.2, 0) is 10.2 Å². The lowest BCUT2D eigenvalue weighted by atomic mass is 9.71. The van der Waals surface area contributed by atoms with Gasteiger partial charge < -0.3 is 14.6 Å². The molecule has 0 spiro atoms. The van der Waals surface area contributed by atoms with Gasteiger partial charge in [-0.1, -0.05) is 40.7 Å². The first-order valence-electron chi connectivity index (χ1n) is 14.8. The zero-order chi connectivity index (χ0) is 27.6. The van der Waals surface area contributed by atoms with Crippen LogP contribution in [0.5, 0.6) is 0 Å². The van der Waals surface area contributed by atoms with E-state index < -0.39 is 5.41 Å². The first-order chi connectivity index (χ1) is 18.7. The van der Waals surface area contributed by atoms with E-state index in [0.717, 1.165) is 91.6 Å². The fraction of sp³-hybridized carbons (Fsp3) is 0.576. The lowest BCUT2D eigenvalue weighted by molar-refractivity contribution is -0.0522. The third kappa shape index (κ3) is 3.92. The van der Waals surface area contributed by atoms with Crippen LogP contribution in [0.15, 0.2) is 18.2 Å². The largest absolute Gasteiger partial charge is 0.379 e. The predicted octanol–water partition coefficient (Wildman–Crippen LogP) is 4.10. The van der Waals surface area contributed by atoms with Crippen LogP contribution in [0.1, 0.15) is 87.5 Å². The Bertz CT molecular complexity index is 1460. The molecule has 39 heavy (non-hydrogen) atoms. The SMILES string of the molecule is CCC1(C#N)C=c2[nH]c3c(c2=CC1)C(=O)c1ccc(N2CCC(C(C)C)(N4CCOCC4)CC2)cc1C3(C)C. The number of aromatic nitrogens is 1. The molecular weight excluding hydrogens is 484 g/mol. The number of aromatic amines is 1. The molecule has 0 amide bonds. The van der Waals surface area contributed by atoms with E-state index >= 15 is 0 Å². The van der Waals surface area contributed by atoms with Gasteiger partial charge in [0.2, 0.25) is 0 Å². The molecule has 2 fully saturated rings. The van der Waals surface area contributed by atoms with Crippen LogP contribution < -0.4 is 15.5 Å². The molecule has 2 aliphatic carbocycles. The minimum absolute atomic E-state index is 0.0961. The number of piperidine rings is 1. The molecule has 1 N–H and O–H groups in total. The van der Waals surface area contributed by atoms with Crippen molar-refractivity contribution >= 4 is 23.6 Å². The summed E-state index contributed by atoms with van der Waals surface area (Å²) in [4.78, 5) is 22.7. The second-order valence-electron chi connectivity index (χ2n) is 12.9. The van der Waals surface area contributed by atoms with E-state index in [-0.39, 0.29) is 16.7 Å². The molecule has 0 bridgehead atoms.